The van der Waals surface area contributed by atoms with Crippen molar-refractivity contribution in [2.75, 3.05) is 0 Å². The van der Waals surface area contributed by atoms with Crippen molar-refractivity contribution in [3.05, 3.63) is 83.2 Å². The van der Waals surface area contributed by atoms with Crippen molar-refractivity contribution in [1.82, 2.24) is 0 Å². The van der Waals surface area contributed by atoms with Gasteiger partial charge in [-0.15, -0.1) is 13.2 Å². The van der Waals surface area contributed by atoms with E-state index in [2.05, 4.69) is 4.74 Å². The minimum absolute atomic E-state index is 0.0133. The zero-order valence-corrected chi connectivity index (χ0v) is 21.4. The summed E-state index contributed by atoms with van der Waals surface area (Å²) >= 11 is 0. The molecule has 210 valence electrons. The van der Waals surface area contributed by atoms with Crippen molar-refractivity contribution in [1.29, 1.82) is 0 Å². The van der Waals surface area contributed by atoms with Crippen LogP contribution in [-0.2, 0) is 4.74 Å². The number of ether oxygens (including phenoxy) is 1. The molecule has 0 heterocycles. The number of hydrogen-bond donors (Lipinski definition) is 0. The summed E-state index contributed by atoms with van der Waals surface area (Å²) in [5.41, 5.74) is -3.69. The van der Waals surface area contributed by atoms with Crippen LogP contribution >= 0.6 is 0 Å². The Labute approximate surface area is 221 Å². The Kier molecular flexibility index (Phi) is 8.40. The highest BCUT2D eigenvalue weighted by Crippen LogP contribution is 2.51. The van der Waals surface area contributed by atoms with Gasteiger partial charge < -0.3 is 0 Å². The third kappa shape index (κ3) is 5.69. The van der Waals surface area contributed by atoms with Crippen LogP contribution in [0.25, 0.3) is 22.3 Å². The van der Waals surface area contributed by atoms with E-state index in [4.69, 9.17) is 0 Å². The van der Waals surface area contributed by atoms with Gasteiger partial charge in [0.25, 0.3) is 0 Å². The molecular weight excluding hydrogens is 528 g/mol. The molecule has 1 aliphatic rings. The van der Waals surface area contributed by atoms with E-state index in [1.807, 2.05) is 0 Å². The molecule has 39 heavy (non-hydrogen) atoms. The molecule has 0 saturated heterocycles. The normalized spacial score (nSPS) is 20.7. The summed E-state index contributed by atoms with van der Waals surface area (Å²) in [7, 11) is 0. The molecule has 0 spiro atoms. The van der Waals surface area contributed by atoms with Gasteiger partial charge in [0, 0.05) is 11.1 Å². The fourth-order valence-electron chi connectivity index (χ4n) is 6.10. The zero-order valence-electron chi connectivity index (χ0n) is 21.4. The van der Waals surface area contributed by atoms with Crippen LogP contribution in [0.2, 0.25) is 0 Å². The van der Waals surface area contributed by atoms with Gasteiger partial charge in [0.15, 0.2) is 23.3 Å². The van der Waals surface area contributed by atoms with Crippen LogP contribution in [0.4, 0.5) is 35.1 Å². The van der Waals surface area contributed by atoms with Gasteiger partial charge in [-0.3, -0.25) is 4.74 Å². The van der Waals surface area contributed by atoms with Crippen LogP contribution in [0.1, 0.15) is 63.9 Å². The number of halogens is 8. The Morgan fingerprint density at radius 1 is 0.872 bits per heavy atom. The van der Waals surface area contributed by atoms with E-state index in [1.54, 1.807) is 37.3 Å². The largest absolute Gasteiger partial charge is 0.523 e. The molecule has 1 fully saturated rings. The Balaban J connectivity index is 1.79. The van der Waals surface area contributed by atoms with Crippen LogP contribution < -0.4 is 0 Å². The molecule has 4 rings (SSSR count). The maximum Gasteiger partial charge on any atom is 0.523 e. The van der Waals surface area contributed by atoms with E-state index >= 15 is 22.0 Å². The molecule has 0 bridgehead atoms. The minimum atomic E-state index is -5.01. The first kappa shape index (κ1) is 29.1. The van der Waals surface area contributed by atoms with Gasteiger partial charge in [-0.25, -0.2) is 22.0 Å². The summed E-state index contributed by atoms with van der Waals surface area (Å²) < 4.78 is 122. The summed E-state index contributed by atoms with van der Waals surface area (Å²) in [6, 6.07) is 12.0. The van der Waals surface area contributed by atoms with Crippen molar-refractivity contribution in [3.63, 3.8) is 0 Å². The second kappa shape index (κ2) is 11.3. The highest BCUT2D eigenvalue weighted by molar-refractivity contribution is 5.72. The van der Waals surface area contributed by atoms with Crippen molar-refractivity contribution in [3.8, 4) is 22.3 Å². The van der Waals surface area contributed by atoms with Gasteiger partial charge >= 0.3 is 6.36 Å². The van der Waals surface area contributed by atoms with E-state index < -0.39 is 69.6 Å². The summed E-state index contributed by atoms with van der Waals surface area (Å²) in [5.74, 6) is -10.7. The Morgan fingerprint density at radius 3 is 2.08 bits per heavy atom. The quantitative estimate of drug-likeness (QED) is 0.208. The van der Waals surface area contributed by atoms with Gasteiger partial charge in [-0.05, 0) is 48.3 Å². The van der Waals surface area contributed by atoms with Gasteiger partial charge in [0.1, 0.15) is 5.82 Å². The van der Waals surface area contributed by atoms with Crippen LogP contribution in [0, 0.1) is 35.0 Å². The molecular formula is C30H28F8O. The maximum atomic E-state index is 15.5. The summed E-state index contributed by atoms with van der Waals surface area (Å²) in [5, 5.41) is 0. The Hall–Kier alpha value is -2.94. The first-order chi connectivity index (χ1) is 18.4. The smallest absolute Gasteiger partial charge is 0.285 e. The average Bonchev–Trinajstić information content (AvgIpc) is 2.88. The van der Waals surface area contributed by atoms with E-state index in [0.717, 1.165) is 12.1 Å². The topological polar surface area (TPSA) is 9.23 Å². The highest BCUT2D eigenvalue weighted by atomic mass is 19.4. The van der Waals surface area contributed by atoms with Crippen molar-refractivity contribution >= 4 is 0 Å². The first-order valence-corrected chi connectivity index (χ1v) is 12.9. The van der Waals surface area contributed by atoms with Gasteiger partial charge in [-0.1, -0.05) is 75.6 Å². The molecule has 1 saturated carbocycles. The minimum Gasteiger partial charge on any atom is -0.285 e. The Bertz CT molecular complexity index is 1290. The lowest BCUT2D eigenvalue weighted by atomic mass is 9.66. The fraction of sp³-hybridized carbons (Fsp3) is 0.400. The van der Waals surface area contributed by atoms with E-state index in [-0.39, 0.29) is 19.3 Å². The van der Waals surface area contributed by atoms with Crippen molar-refractivity contribution in [2.45, 2.75) is 70.3 Å². The monoisotopic (exact) mass is 556 g/mol. The molecule has 3 aromatic carbocycles. The molecule has 3 aromatic rings. The molecule has 0 aliphatic heterocycles. The van der Waals surface area contributed by atoms with E-state index in [0.29, 0.717) is 30.4 Å². The number of hydrogen-bond acceptors (Lipinski definition) is 1. The van der Waals surface area contributed by atoms with Gasteiger partial charge in [-0.2, -0.15) is 0 Å². The molecule has 0 N–H and O–H groups in total. The van der Waals surface area contributed by atoms with Gasteiger partial charge in [0.05, 0.1) is 11.2 Å². The number of rotatable bonds is 7. The van der Waals surface area contributed by atoms with Crippen molar-refractivity contribution in [2.24, 2.45) is 5.92 Å². The molecule has 0 amide bonds. The lowest BCUT2D eigenvalue weighted by Crippen LogP contribution is -2.49. The molecule has 3 atom stereocenters. The lowest BCUT2D eigenvalue weighted by Gasteiger charge is -2.47. The highest BCUT2D eigenvalue weighted by Gasteiger charge is 2.51. The third-order valence-corrected chi connectivity index (χ3v) is 7.73. The Morgan fingerprint density at radius 2 is 1.51 bits per heavy atom. The second-order valence-corrected chi connectivity index (χ2v) is 10.1. The van der Waals surface area contributed by atoms with Crippen LogP contribution in [0.3, 0.4) is 0 Å². The van der Waals surface area contributed by atoms with Crippen molar-refractivity contribution < 1.29 is 39.9 Å². The molecule has 1 nitrogen and oxygen atoms in total. The maximum absolute atomic E-state index is 15.5. The first-order valence-electron chi connectivity index (χ1n) is 12.9. The summed E-state index contributed by atoms with van der Waals surface area (Å²) in [4.78, 5) is 0. The predicted molar refractivity (Wildman–Crippen MR) is 132 cm³/mol. The SMILES string of the molecule is CCCC1(OC(F)(F)F)CCCCC1C(C)c1c(F)c(F)c(-c2ccc(-c3ccccc3)cc2F)c(F)c1F. The van der Waals surface area contributed by atoms with E-state index in [1.165, 1.54) is 13.0 Å². The molecule has 3 unspecified atom stereocenters. The molecule has 0 radical (unpaired) electrons. The summed E-state index contributed by atoms with van der Waals surface area (Å²) in [6.07, 6.45) is -3.78. The van der Waals surface area contributed by atoms with Crippen LogP contribution in [-0.4, -0.2) is 12.0 Å². The molecule has 1 aliphatic carbocycles. The van der Waals surface area contributed by atoms with Crippen LogP contribution in [0.5, 0.6) is 0 Å². The molecule has 9 heteroatoms. The predicted octanol–water partition coefficient (Wildman–Crippen LogP) is 10.1. The summed E-state index contributed by atoms with van der Waals surface area (Å²) in [6.45, 7) is 2.90. The fourth-order valence-corrected chi connectivity index (χ4v) is 6.10. The zero-order chi connectivity index (χ0) is 28.5. The third-order valence-electron chi connectivity index (χ3n) is 7.73. The van der Waals surface area contributed by atoms with E-state index in [9.17, 15) is 13.2 Å². The standard InChI is InChI=1S/C30H28F8O/c1-3-14-29(39-30(36,37)38)15-8-7-11-21(29)17(2)23-25(32)27(34)24(28(35)26(23)33)20-13-12-19(16-22(20)31)18-9-5-4-6-10-18/h4-6,9-10,12-13,16-17,21H,3,7-8,11,14-15H2,1-2H3. The second-order valence-electron chi connectivity index (χ2n) is 10.1. The van der Waals surface area contributed by atoms with Crippen LogP contribution in [0.15, 0.2) is 48.5 Å². The number of benzene rings is 3. The van der Waals surface area contributed by atoms with Gasteiger partial charge in [0.2, 0.25) is 0 Å². The number of alkyl halides is 3. The average molecular weight is 557 g/mol. The lowest BCUT2D eigenvalue weighted by molar-refractivity contribution is -0.381. The molecule has 0 aromatic heterocycles.